The number of carboxylic acid groups (broad SMARTS) is 1. The summed E-state index contributed by atoms with van der Waals surface area (Å²) >= 11 is 1.38. The number of benzene rings is 3. The van der Waals surface area contributed by atoms with Gasteiger partial charge in [0.15, 0.2) is 0 Å². The highest BCUT2D eigenvalue weighted by molar-refractivity contribution is 7.15. The molecule has 0 spiro atoms. The number of aromatic nitrogens is 1. The summed E-state index contributed by atoms with van der Waals surface area (Å²) in [5.41, 5.74) is 1.42. The summed E-state index contributed by atoms with van der Waals surface area (Å²) in [7, 11) is 0. The maximum absolute atomic E-state index is 12.8. The summed E-state index contributed by atoms with van der Waals surface area (Å²) in [6.07, 6.45) is -4.42. The minimum absolute atomic E-state index is 0.0513. The molecule has 4 nitrogen and oxygen atoms in total. The quantitative estimate of drug-likeness (QED) is 0.359. The molecule has 8 heteroatoms. The highest BCUT2D eigenvalue weighted by Gasteiger charge is 2.30. The Morgan fingerprint density at radius 2 is 1.84 bits per heavy atom. The van der Waals surface area contributed by atoms with Gasteiger partial charge in [0.2, 0.25) is 0 Å². The Hall–Kier alpha value is -3.39. The highest BCUT2D eigenvalue weighted by atomic mass is 32.1. The second-order valence-electron chi connectivity index (χ2n) is 7.26. The molecule has 0 aliphatic rings. The van der Waals surface area contributed by atoms with Crippen molar-refractivity contribution in [2.24, 2.45) is 0 Å². The number of aryl methyl sites for hydroxylation is 1. The average molecular weight is 457 g/mol. The van der Waals surface area contributed by atoms with E-state index in [0.29, 0.717) is 16.3 Å². The number of fused-ring (bicyclic) bond motifs is 1. The van der Waals surface area contributed by atoms with E-state index in [1.165, 1.54) is 23.5 Å². The normalized spacial score (nSPS) is 11.6. The maximum Gasteiger partial charge on any atom is 0.416 e. The number of hydrogen-bond acceptors (Lipinski definition) is 4. The molecular weight excluding hydrogens is 439 g/mol. The van der Waals surface area contributed by atoms with Crippen LogP contribution in [-0.4, -0.2) is 16.1 Å². The lowest BCUT2D eigenvalue weighted by atomic mass is 10.0. The van der Waals surface area contributed by atoms with Crippen molar-refractivity contribution in [3.05, 3.63) is 82.4 Å². The molecule has 0 fully saturated rings. The Morgan fingerprint density at radius 3 is 2.53 bits per heavy atom. The second-order valence-corrected chi connectivity index (χ2v) is 8.35. The van der Waals surface area contributed by atoms with Crippen LogP contribution in [0.25, 0.3) is 21.3 Å². The highest BCUT2D eigenvalue weighted by Crippen LogP contribution is 2.33. The SMILES string of the molecule is Cc1nc(-c2ccc(C(F)(F)F)cc2)sc1COc1ccc2c(CC(=O)O)cccc2c1. The maximum atomic E-state index is 12.8. The number of hydrogen-bond donors (Lipinski definition) is 1. The first-order chi connectivity index (χ1) is 15.2. The van der Waals surface area contributed by atoms with Gasteiger partial charge in [0.1, 0.15) is 17.4 Å². The molecule has 0 unspecified atom stereocenters. The van der Waals surface area contributed by atoms with Crippen LogP contribution in [0.15, 0.2) is 60.7 Å². The van der Waals surface area contributed by atoms with Crippen LogP contribution < -0.4 is 4.74 Å². The number of rotatable bonds is 6. The molecule has 4 aromatic rings. The average Bonchev–Trinajstić information content (AvgIpc) is 3.12. The van der Waals surface area contributed by atoms with E-state index in [4.69, 9.17) is 9.84 Å². The largest absolute Gasteiger partial charge is 0.488 e. The van der Waals surface area contributed by atoms with E-state index in [-0.39, 0.29) is 13.0 Å². The zero-order chi connectivity index (χ0) is 22.9. The summed E-state index contributed by atoms with van der Waals surface area (Å²) in [4.78, 5) is 16.4. The molecule has 3 aromatic carbocycles. The molecule has 32 heavy (non-hydrogen) atoms. The van der Waals surface area contributed by atoms with Gasteiger partial charge in [-0.15, -0.1) is 11.3 Å². The zero-order valence-electron chi connectivity index (χ0n) is 16.9. The van der Waals surface area contributed by atoms with Crippen molar-refractivity contribution in [2.45, 2.75) is 26.1 Å². The van der Waals surface area contributed by atoms with Crippen LogP contribution in [0.2, 0.25) is 0 Å². The molecule has 1 heterocycles. The Kier molecular flexibility index (Phi) is 5.88. The molecule has 0 bridgehead atoms. The van der Waals surface area contributed by atoms with Crippen molar-refractivity contribution in [2.75, 3.05) is 0 Å². The first-order valence-electron chi connectivity index (χ1n) is 9.71. The van der Waals surface area contributed by atoms with E-state index in [0.717, 1.165) is 39.0 Å². The third-order valence-corrected chi connectivity index (χ3v) is 6.19. The molecule has 0 atom stereocenters. The van der Waals surface area contributed by atoms with Gasteiger partial charge in [-0.05, 0) is 47.5 Å². The molecule has 0 amide bonds. The number of halogens is 3. The van der Waals surface area contributed by atoms with E-state index in [1.807, 2.05) is 31.2 Å². The van der Waals surface area contributed by atoms with E-state index < -0.39 is 17.7 Å². The van der Waals surface area contributed by atoms with Crippen LogP contribution in [0.1, 0.15) is 21.7 Å². The summed E-state index contributed by atoms with van der Waals surface area (Å²) < 4.78 is 44.2. The Bertz CT molecular complexity index is 1280. The van der Waals surface area contributed by atoms with Crippen molar-refractivity contribution in [1.29, 1.82) is 0 Å². The fourth-order valence-corrected chi connectivity index (χ4v) is 4.35. The fraction of sp³-hybridized carbons (Fsp3) is 0.167. The monoisotopic (exact) mass is 457 g/mol. The second kappa shape index (κ2) is 8.63. The third-order valence-electron chi connectivity index (χ3n) is 5.01. The fourth-order valence-electron chi connectivity index (χ4n) is 3.37. The summed E-state index contributed by atoms with van der Waals surface area (Å²) in [6.45, 7) is 2.10. The minimum Gasteiger partial charge on any atom is -0.488 e. The van der Waals surface area contributed by atoms with Gasteiger partial charge in [-0.1, -0.05) is 36.4 Å². The zero-order valence-corrected chi connectivity index (χ0v) is 17.8. The first kappa shape index (κ1) is 21.8. The smallest absolute Gasteiger partial charge is 0.416 e. The lowest BCUT2D eigenvalue weighted by Gasteiger charge is -2.09. The lowest BCUT2D eigenvalue weighted by Crippen LogP contribution is -2.03. The van der Waals surface area contributed by atoms with Crippen molar-refractivity contribution in [3.63, 3.8) is 0 Å². The number of ether oxygens (including phenoxy) is 1. The van der Waals surface area contributed by atoms with Crippen molar-refractivity contribution in [1.82, 2.24) is 4.98 Å². The Labute approximate surface area is 185 Å². The van der Waals surface area contributed by atoms with Crippen molar-refractivity contribution >= 4 is 28.1 Å². The summed E-state index contributed by atoms with van der Waals surface area (Å²) in [5.74, 6) is -0.254. The van der Waals surface area contributed by atoms with Gasteiger partial charge in [0, 0.05) is 5.56 Å². The van der Waals surface area contributed by atoms with Gasteiger partial charge in [0.25, 0.3) is 0 Å². The number of nitrogens with zero attached hydrogens (tertiary/aromatic N) is 1. The van der Waals surface area contributed by atoms with Crippen LogP contribution in [-0.2, 0) is 24.0 Å². The molecule has 0 radical (unpaired) electrons. The van der Waals surface area contributed by atoms with E-state index in [9.17, 15) is 18.0 Å². The molecule has 1 aromatic heterocycles. The molecule has 0 aliphatic carbocycles. The number of carbonyl (C=O) groups is 1. The minimum atomic E-state index is -4.37. The standard InChI is InChI=1S/C24H18F3NO3S/c1-14-21(32-23(28-14)15-5-7-18(8-6-15)24(25,26)27)13-31-19-9-10-20-16(11-19)3-2-4-17(20)12-22(29)30/h2-11H,12-13H2,1H3,(H,29,30). The van der Waals surface area contributed by atoms with Gasteiger partial charge < -0.3 is 9.84 Å². The number of carboxylic acids is 1. The number of thiazole rings is 1. The van der Waals surface area contributed by atoms with Crippen LogP contribution in [0.4, 0.5) is 13.2 Å². The van der Waals surface area contributed by atoms with Crippen LogP contribution in [0, 0.1) is 6.92 Å². The van der Waals surface area contributed by atoms with Crippen LogP contribution in [0.3, 0.4) is 0 Å². The first-order valence-corrected chi connectivity index (χ1v) is 10.5. The predicted molar refractivity (Wildman–Crippen MR) is 117 cm³/mol. The van der Waals surface area contributed by atoms with Gasteiger partial charge in [-0.3, -0.25) is 4.79 Å². The lowest BCUT2D eigenvalue weighted by molar-refractivity contribution is -0.138. The van der Waals surface area contributed by atoms with E-state index >= 15 is 0 Å². The third kappa shape index (κ3) is 4.75. The van der Waals surface area contributed by atoms with Gasteiger partial charge >= 0.3 is 12.1 Å². The van der Waals surface area contributed by atoms with E-state index in [1.54, 1.807) is 12.1 Å². The molecule has 164 valence electrons. The molecule has 1 N–H and O–H groups in total. The molecule has 0 aliphatic heterocycles. The number of alkyl halides is 3. The molecule has 0 saturated heterocycles. The van der Waals surface area contributed by atoms with Gasteiger partial charge in [0.05, 0.1) is 22.6 Å². The van der Waals surface area contributed by atoms with E-state index in [2.05, 4.69) is 4.98 Å². The van der Waals surface area contributed by atoms with Crippen LogP contribution in [0.5, 0.6) is 5.75 Å². The summed E-state index contributed by atoms with van der Waals surface area (Å²) in [6, 6.07) is 15.9. The predicted octanol–water partition coefficient (Wildman–Crippen LogP) is 6.50. The van der Waals surface area contributed by atoms with Gasteiger partial charge in [-0.2, -0.15) is 13.2 Å². The van der Waals surface area contributed by atoms with Gasteiger partial charge in [-0.25, -0.2) is 4.98 Å². The number of aliphatic carboxylic acids is 1. The molecule has 0 saturated carbocycles. The van der Waals surface area contributed by atoms with Crippen molar-refractivity contribution in [3.8, 4) is 16.3 Å². The molecule has 4 rings (SSSR count). The molecular formula is C24H18F3NO3S. The van der Waals surface area contributed by atoms with Crippen molar-refractivity contribution < 1.29 is 27.8 Å². The van der Waals surface area contributed by atoms with Crippen LogP contribution >= 0.6 is 11.3 Å². The Morgan fingerprint density at radius 1 is 1.09 bits per heavy atom. The Balaban J connectivity index is 1.50. The summed E-state index contributed by atoms with van der Waals surface area (Å²) in [5, 5.41) is 11.4. The topological polar surface area (TPSA) is 59.4 Å².